The summed E-state index contributed by atoms with van der Waals surface area (Å²) in [4.78, 5) is 33.6. The number of fused-ring (bicyclic) bond motifs is 1. The molecule has 166 valence electrons. The molecule has 3 atom stereocenters. The summed E-state index contributed by atoms with van der Waals surface area (Å²) in [6.07, 6.45) is -0.439. The van der Waals surface area contributed by atoms with Crippen LogP contribution in [-0.2, 0) is 25.7 Å². The van der Waals surface area contributed by atoms with Crippen molar-refractivity contribution >= 4 is 11.9 Å². The first-order valence-corrected chi connectivity index (χ1v) is 9.69. The van der Waals surface area contributed by atoms with Gasteiger partial charge in [-0.05, 0) is 29.9 Å². The number of aromatic nitrogens is 1. The summed E-state index contributed by atoms with van der Waals surface area (Å²) in [5.74, 6) is -1.90. The zero-order chi connectivity index (χ0) is 21.7. The summed E-state index contributed by atoms with van der Waals surface area (Å²) in [5, 5.41) is 8.68. The number of likely N-dealkylation sites (tertiary alicyclic amines) is 1. The number of nitrogens with zero attached hydrogens (tertiary/aromatic N) is 3. The zero-order valence-electron chi connectivity index (χ0n) is 16.3. The third-order valence-corrected chi connectivity index (χ3v) is 5.40. The maximum absolute atomic E-state index is 12.7. The lowest BCUT2D eigenvalue weighted by Crippen LogP contribution is -2.45. The Kier molecular flexibility index (Phi) is 7.27. The van der Waals surface area contributed by atoms with Crippen LogP contribution in [0.2, 0.25) is 0 Å². The molecule has 8 nitrogen and oxygen atoms in total. The molecule has 3 saturated heterocycles. The fraction of sp³-hybridized carbons (Fsp3) is 0.632. The molecule has 1 aromatic rings. The van der Waals surface area contributed by atoms with Gasteiger partial charge in [0, 0.05) is 32.0 Å². The predicted molar refractivity (Wildman–Crippen MR) is 96.8 cm³/mol. The van der Waals surface area contributed by atoms with E-state index in [0.717, 1.165) is 32.7 Å². The molecule has 0 radical (unpaired) electrons. The summed E-state index contributed by atoms with van der Waals surface area (Å²) < 4.78 is 37.5. The number of rotatable bonds is 3. The molecule has 1 aromatic heterocycles. The van der Waals surface area contributed by atoms with Crippen molar-refractivity contribution in [3.8, 4) is 0 Å². The van der Waals surface area contributed by atoms with Gasteiger partial charge in [-0.2, -0.15) is 13.2 Å². The molecule has 0 bridgehead atoms. The number of hydrogen-bond acceptors (Lipinski definition) is 6. The van der Waals surface area contributed by atoms with Crippen LogP contribution < -0.4 is 0 Å². The number of aliphatic carboxylic acids is 1. The van der Waals surface area contributed by atoms with E-state index >= 15 is 0 Å². The van der Waals surface area contributed by atoms with Crippen LogP contribution in [0, 0.1) is 17.8 Å². The molecule has 3 aliphatic rings. The highest BCUT2D eigenvalue weighted by atomic mass is 19.4. The Morgan fingerprint density at radius 2 is 2.03 bits per heavy atom. The van der Waals surface area contributed by atoms with Crippen LogP contribution >= 0.6 is 0 Å². The number of carbonyl (C=O) groups excluding carboxylic acids is 1. The topological polar surface area (TPSA) is 92.2 Å². The van der Waals surface area contributed by atoms with Gasteiger partial charge < -0.3 is 9.84 Å². The van der Waals surface area contributed by atoms with Gasteiger partial charge in [-0.25, -0.2) is 9.86 Å². The second-order valence-electron chi connectivity index (χ2n) is 7.55. The molecule has 0 spiro atoms. The molecule has 30 heavy (non-hydrogen) atoms. The van der Waals surface area contributed by atoms with Crippen molar-refractivity contribution in [3.05, 3.63) is 30.1 Å². The number of ether oxygens (including phenoxy) is 1. The van der Waals surface area contributed by atoms with E-state index in [4.69, 9.17) is 19.5 Å². The molecule has 4 rings (SSSR count). The molecular weight excluding hydrogens is 407 g/mol. The Morgan fingerprint density at radius 1 is 1.27 bits per heavy atom. The van der Waals surface area contributed by atoms with Crippen molar-refractivity contribution in [3.63, 3.8) is 0 Å². The first-order valence-electron chi connectivity index (χ1n) is 9.69. The highest BCUT2D eigenvalue weighted by Gasteiger charge is 2.45. The minimum Gasteiger partial charge on any atom is -0.475 e. The Morgan fingerprint density at radius 3 is 2.63 bits per heavy atom. The standard InChI is InChI=1S/C17H23N3O3.C2HF3O2/c21-17(20-5-2-6-23-20)16-12-22-11-14-9-19(10-15(14)16)8-13-3-1-4-18-7-13;3-2(4,5)1(6)7/h1,3-4,7,14-16H,2,5-6,8-12H2;(H,6,7)/t14-,15-,16-;/m1./s1. The van der Waals surface area contributed by atoms with Gasteiger partial charge in [0.1, 0.15) is 0 Å². The SMILES string of the molecule is O=C(O)C(F)(F)F.O=C([C@@H]1COC[C@H]2CN(Cc3cccnc3)C[C@H]21)N1CCCO1. The average Bonchev–Trinajstić information content (AvgIpc) is 3.37. The highest BCUT2D eigenvalue weighted by molar-refractivity contribution is 5.78. The van der Waals surface area contributed by atoms with Crippen molar-refractivity contribution in [1.82, 2.24) is 14.9 Å². The number of alkyl halides is 3. The number of hydroxylamine groups is 2. The minimum absolute atomic E-state index is 0.0641. The van der Waals surface area contributed by atoms with Crippen molar-refractivity contribution < 1.29 is 37.4 Å². The second kappa shape index (κ2) is 9.71. The number of carboxylic acid groups (broad SMARTS) is 1. The van der Waals surface area contributed by atoms with Gasteiger partial charge in [0.2, 0.25) is 0 Å². The molecule has 0 unspecified atom stereocenters. The van der Waals surface area contributed by atoms with Crippen LogP contribution in [0.1, 0.15) is 12.0 Å². The van der Waals surface area contributed by atoms with E-state index in [-0.39, 0.29) is 11.8 Å². The van der Waals surface area contributed by atoms with Gasteiger partial charge in [0.15, 0.2) is 0 Å². The van der Waals surface area contributed by atoms with Gasteiger partial charge in [-0.3, -0.25) is 19.5 Å². The Bertz CT molecular complexity index is 728. The van der Waals surface area contributed by atoms with Crippen LogP contribution in [0.3, 0.4) is 0 Å². The predicted octanol–water partition coefficient (Wildman–Crippen LogP) is 1.57. The monoisotopic (exact) mass is 431 g/mol. The maximum Gasteiger partial charge on any atom is 0.490 e. The quantitative estimate of drug-likeness (QED) is 0.777. The van der Waals surface area contributed by atoms with E-state index in [1.165, 1.54) is 5.56 Å². The fourth-order valence-corrected chi connectivity index (χ4v) is 4.03. The van der Waals surface area contributed by atoms with E-state index in [0.29, 0.717) is 31.6 Å². The van der Waals surface area contributed by atoms with Gasteiger partial charge in [0.05, 0.1) is 32.3 Å². The summed E-state index contributed by atoms with van der Waals surface area (Å²) in [6, 6.07) is 4.07. The number of hydrogen-bond donors (Lipinski definition) is 1. The molecule has 0 aliphatic carbocycles. The normalized spacial score (nSPS) is 26.6. The van der Waals surface area contributed by atoms with Crippen LogP contribution in [0.15, 0.2) is 24.5 Å². The molecule has 0 aromatic carbocycles. The minimum atomic E-state index is -5.08. The van der Waals surface area contributed by atoms with Crippen LogP contribution in [0.4, 0.5) is 13.2 Å². The van der Waals surface area contributed by atoms with Crippen molar-refractivity contribution in [1.29, 1.82) is 0 Å². The van der Waals surface area contributed by atoms with Gasteiger partial charge in [-0.1, -0.05) is 6.07 Å². The molecule has 4 heterocycles. The molecular formula is C19H24F3N3O5. The summed E-state index contributed by atoms with van der Waals surface area (Å²) in [6.45, 7) is 5.49. The van der Waals surface area contributed by atoms with E-state index in [1.807, 2.05) is 12.3 Å². The van der Waals surface area contributed by atoms with Crippen molar-refractivity contribution in [2.75, 3.05) is 39.5 Å². The van der Waals surface area contributed by atoms with Gasteiger partial charge in [-0.15, -0.1) is 0 Å². The smallest absolute Gasteiger partial charge is 0.475 e. The summed E-state index contributed by atoms with van der Waals surface area (Å²) in [7, 11) is 0. The van der Waals surface area contributed by atoms with Gasteiger partial charge in [0.25, 0.3) is 5.91 Å². The largest absolute Gasteiger partial charge is 0.490 e. The number of pyridine rings is 1. The van der Waals surface area contributed by atoms with Crippen LogP contribution in [0.5, 0.6) is 0 Å². The maximum atomic E-state index is 12.7. The molecule has 3 aliphatic heterocycles. The van der Waals surface area contributed by atoms with Crippen molar-refractivity contribution in [2.24, 2.45) is 17.8 Å². The molecule has 1 N–H and O–H groups in total. The molecule has 1 amide bonds. The van der Waals surface area contributed by atoms with E-state index < -0.39 is 12.1 Å². The Balaban J connectivity index is 0.000000318. The van der Waals surface area contributed by atoms with Crippen LogP contribution in [-0.4, -0.2) is 77.6 Å². The van der Waals surface area contributed by atoms with Gasteiger partial charge >= 0.3 is 12.1 Å². The first kappa shape index (κ1) is 22.4. The molecule has 0 saturated carbocycles. The summed E-state index contributed by atoms with van der Waals surface area (Å²) >= 11 is 0. The lowest BCUT2D eigenvalue weighted by atomic mass is 9.82. The Labute approximate surface area is 171 Å². The number of halogens is 3. The van der Waals surface area contributed by atoms with E-state index in [9.17, 15) is 18.0 Å². The Hall–Kier alpha value is -2.24. The fourth-order valence-electron chi connectivity index (χ4n) is 4.03. The number of carbonyl (C=O) groups is 2. The van der Waals surface area contributed by atoms with Crippen molar-refractivity contribution in [2.45, 2.75) is 19.1 Å². The third kappa shape index (κ3) is 5.67. The first-order chi connectivity index (χ1) is 14.3. The van der Waals surface area contributed by atoms with Crippen LogP contribution in [0.25, 0.3) is 0 Å². The number of amides is 1. The zero-order valence-corrected chi connectivity index (χ0v) is 16.3. The lowest BCUT2D eigenvalue weighted by molar-refractivity contribution is -0.192. The molecule has 3 fully saturated rings. The van der Waals surface area contributed by atoms with E-state index in [1.54, 1.807) is 11.3 Å². The lowest BCUT2D eigenvalue weighted by Gasteiger charge is -2.33. The highest BCUT2D eigenvalue weighted by Crippen LogP contribution is 2.36. The van der Waals surface area contributed by atoms with E-state index in [2.05, 4.69) is 16.0 Å². The summed E-state index contributed by atoms with van der Waals surface area (Å²) in [5.41, 5.74) is 1.22. The second-order valence-corrected chi connectivity index (χ2v) is 7.55. The third-order valence-electron chi connectivity index (χ3n) is 5.40. The average molecular weight is 431 g/mol. The number of carboxylic acids is 1. The molecule has 11 heteroatoms.